The monoisotopic (exact) mass is 340 g/mol. The van der Waals surface area contributed by atoms with Gasteiger partial charge in [0.05, 0.1) is 0 Å². The molecule has 0 atom stereocenters. The Bertz CT molecular complexity index is 742. The van der Waals surface area contributed by atoms with Gasteiger partial charge in [0.15, 0.2) is 0 Å². The van der Waals surface area contributed by atoms with Gasteiger partial charge in [-0.25, -0.2) is 0 Å². The molecule has 0 bridgehead atoms. The van der Waals surface area contributed by atoms with Gasteiger partial charge < -0.3 is 10.2 Å². The Morgan fingerprint density at radius 2 is 1.72 bits per heavy atom. The molecule has 4 heteroatoms. The van der Waals surface area contributed by atoms with E-state index in [1.165, 1.54) is 10.8 Å². The van der Waals surface area contributed by atoms with Gasteiger partial charge in [0.2, 0.25) is 11.8 Å². The largest absolute Gasteiger partial charge is 0.356 e. The van der Waals surface area contributed by atoms with Gasteiger partial charge in [-0.15, -0.1) is 0 Å². The van der Waals surface area contributed by atoms with E-state index in [1.807, 2.05) is 46.0 Å². The van der Waals surface area contributed by atoms with Crippen LogP contribution in [0.25, 0.3) is 10.8 Å². The summed E-state index contributed by atoms with van der Waals surface area (Å²) in [7, 11) is 1.83. The Kier molecular flexibility index (Phi) is 6.18. The van der Waals surface area contributed by atoms with Crippen LogP contribution in [0.3, 0.4) is 0 Å². The number of carbonyl (C=O) groups is 2. The lowest BCUT2D eigenvalue weighted by Gasteiger charge is -2.20. The first-order chi connectivity index (χ1) is 11.8. The molecule has 0 heterocycles. The summed E-state index contributed by atoms with van der Waals surface area (Å²) in [4.78, 5) is 25.9. The SMILES string of the molecule is CN(Cc1cccc2ccccc12)C(=O)CCCNC(=O)C(C)(C)C. The molecule has 0 radical (unpaired) electrons. The van der Waals surface area contributed by atoms with Crippen molar-refractivity contribution in [2.75, 3.05) is 13.6 Å². The standard InChI is InChI=1S/C21H28N2O2/c1-21(2,3)20(25)22-14-8-13-19(24)23(4)15-17-11-7-10-16-9-5-6-12-18(16)17/h5-7,9-12H,8,13-15H2,1-4H3,(H,22,25). The molecule has 2 amide bonds. The van der Waals surface area contributed by atoms with E-state index < -0.39 is 5.41 Å². The minimum Gasteiger partial charge on any atom is -0.356 e. The molecule has 0 unspecified atom stereocenters. The minimum atomic E-state index is -0.394. The molecule has 0 aliphatic rings. The van der Waals surface area contributed by atoms with Gasteiger partial charge in [0, 0.05) is 32.0 Å². The van der Waals surface area contributed by atoms with Crippen molar-refractivity contribution in [3.63, 3.8) is 0 Å². The van der Waals surface area contributed by atoms with Crippen molar-refractivity contribution in [2.45, 2.75) is 40.2 Å². The highest BCUT2D eigenvalue weighted by Gasteiger charge is 2.20. The smallest absolute Gasteiger partial charge is 0.225 e. The molecule has 0 aliphatic carbocycles. The zero-order valence-corrected chi connectivity index (χ0v) is 15.6. The molecule has 2 aromatic carbocycles. The molecule has 0 spiro atoms. The lowest BCUT2D eigenvalue weighted by atomic mass is 9.96. The molecule has 134 valence electrons. The second-order valence-electron chi connectivity index (χ2n) is 7.50. The van der Waals surface area contributed by atoms with E-state index in [1.54, 1.807) is 4.90 Å². The summed E-state index contributed by atoms with van der Waals surface area (Å²) in [6, 6.07) is 14.4. The summed E-state index contributed by atoms with van der Waals surface area (Å²) >= 11 is 0. The molecule has 25 heavy (non-hydrogen) atoms. The number of hydrogen-bond acceptors (Lipinski definition) is 2. The number of carbonyl (C=O) groups excluding carboxylic acids is 2. The third-order valence-electron chi connectivity index (χ3n) is 4.25. The first kappa shape index (κ1) is 19.0. The van der Waals surface area contributed by atoms with Crippen LogP contribution in [-0.2, 0) is 16.1 Å². The Labute approximate surface area is 150 Å². The molecule has 0 aliphatic heterocycles. The average molecular weight is 340 g/mol. The molecule has 2 aromatic rings. The van der Waals surface area contributed by atoms with Gasteiger partial charge in [-0.2, -0.15) is 0 Å². The number of amides is 2. The van der Waals surface area contributed by atoms with Crippen LogP contribution in [0.5, 0.6) is 0 Å². The molecule has 2 rings (SSSR count). The van der Waals surface area contributed by atoms with Crippen molar-refractivity contribution < 1.29 is 9.59 Å². The molecule has 0 saturated carbocycles. The summed E-state index contributed by atoms with van der Waals surface area (Å²) in [5.41, 5.74) is 0.754. The van der Waals surface area contributed by atoms with Crippen molar-refractivity contribution in [3.8, 4) is 0 Å². The van der Waals surface area contributed by atoms with Crippen LogP contribution >= 0.6 is 0 Å². The quantitative estimate of drug-likeness (QED) is 0.814. The molecular weight excluding hydrogens is 312 g/mol. The lowest BCUT2D eigenvalue weighted by Crippen LogP contribution is -2.35. The van der Waals surface area contributed by atoms with E-state index in [0.29, 0.717) is 25.9 Å². The van der Waals surface area contributed by atoms with Crippen LogP contribution in [-0.4, -0.2) is 30.3 Å². The number of benzene rings is 2. The highest BCUT2D eigenvalue weighted by atomic mass is 16.2. The summed E-state index contributed by atoms with van der Waals surface area (Å²) in [5.74, 6) is 0.113. The molecule has 4 nitrogen and oxygen atoms in total. The van der Waals surface area contributed by atoms with E-state index >= 15 is 0 Å². The number of fused-ring (bicyclic) bond motifs is 1. The van der Waals surface area contributed by atoms with E-state index in [-0.39, 0.29) is 11.8 Å². The topological polar surface area (TPSA) is 49.4 Å². The predicted octanol–water partition coefficient (Wildman–Crippen LogP) is 3.74. The fraction of sp³-hybridized carbons (Fsp3) is 0.429. The van der Waals surface area contributed by atoms with Crippen molar-refractivity contribution in [1.82, 2.24) is 10.2 Å². The number of rotatable bonds is 6. The van der Waals surface area contributed by atoms with Crippen molar-refractivity contribution >= 4 is 22.6 Å². The van der Waals surface area contributed by atoms with E-state index in [9.17, 15) is 9.59 Å². The third-order valence-corrected chi connectivity index (χ3v) is 4.25. The molecule has 0 aromatic heterocycles. The van der Waals surface area contributed by atoms with E-state index in [0.717, 1.165) is 5.56 Å². The highest BCUT2D eigenvalue weighted by Crippen LogP contribution is 2.20. The normalized spacial score (nSPS) is 11.4. The zero-order valence-electron chi connectivity index (χ0n) is 15.6. The van der Waals surface area contributed by atoms with Gasteiger partial charge >= 0.3 is 0 Å². The Morgan fingerprint density at radius 3 is 2.44 bits per heavy atom. The zero-order chi connectivity index (χ0) is 18.4. The van der Waals surface area contributed by atoms with Gasteiger partial charge in [-0.05, 0) is 22.8 Å². The Morgan fingerprint density at radius 1 is 1.04 bits per heavy atom. The summed E-state index contributed by atoms with van der Waals surface area (Å²) in [6.45, 7) is 6.76. The summed E-state index contributed by atoms with van der Waals surface area (Å²) < 4.78 is 0. The first-order valence-corrected chi connectivity index (χ1v) is 8.78. The highest BCUT2D eigenvalue weighted by molar-refractivity contribution is 5.86. The van der Waals surface area contributed by atoms with Crippen molar-refractivity contribution in [2.24, 2.45) is 5.41 Å². The van der Waals surface area contributed by atoms with Crippen LogP contribution < -0.4 is 5.32 Å². The van der Waals surface area contributed by atoms with Gasteiger partial charge in [-0.3, -0.25) is 9.59 Å². The third kappa shape index (κ3) is 5.31. The van der Waals surface area contributed by atoms with Crippen LogP contribution in [0.1, 0.15) is 39.2 Å². The van der Waals surface area contributed by atoms with Gasteiger partial charge in [0.1, 0.15) is 0 Å². The predicted molar refractivity (Wildman–Crippen MR) is 102 cm³/mol. The molecule has 0 saturated heterocycles. The van der Waals surface area contributed by atoms with Crippen LogP contribution in [0.4, 0.5) is 0 Å². The second-order valence-corrected chi connectivity index (χ2v) is 7.50. The fourth-order valence-corrected chi connectivity index (χ4v) is 2.67. The minimum absolute atomic E-state index is 0.0176. The van der Waals surface area contributed by atoms with Crippen molar-refractivity contribution in [3.05, 3.63) is 48.0 Å². The van der Waals surface area contributed by atoms with Crippen LogP contribution in [0.15, 0.2) is 42.5 Å². The summed E-state index contributed by atoms with van der Waals surface area (Å²) in [5, 5.41) is 5.25. The molecule has 0 fully saturated rings. The Balaban J connectivity index is 1.85. The van der Waals surface area contributed by atoms with Crippen LogP contribution in [0, 0.1) is 5.41 Å². The number of hydrogen-bond donors (Lipinski definition) is 1. The summed E-state index contributed by atoms with van der Waals surface area (Å²) in [6.07, 6.45) is 1.09. The molecule has 1 N–H and O–H groups in total. The first-order valence-electron chi connectivity index (χ1n) is 8.78. The maximum absolute atomic E-state index is 12.3. The molecular formula is C21H28N2O2. The maximum atomic E-state index is 12.3. The number of nitrogens with zero attached hydrogens (tertiary/aromatic N) is 1. The van der Waals surface area contributed by atoms with Crippen LogP contribution in [0.2, 0.25) is 0 Å². The number of nitrogens with one attached hydrogen (secondary N) is 1. The van der Waals surface area contributed by atoms with Crippen molar-refractivity contribution in [1.29, 1.82) is 0 Å². The van der Waals surface area contributed by atoms with E-state index in [4.69, 9.17) is 0 Å². The van der Waals surface area contributed by atoms with Gasteiger partial charge in [0.25, 0.3) is 0 Å². The second kappa shape index (κ2) is 8.15. The fourth-order valence-electron chi connectivity index (χ4n) is 2.67. The van der Waals surface area contributed by atoms with E-state index in [2.05, 4.69) is 29.6 Å². The maximum Gasteiger partial charge on any atom is 0.225 e. The lowest BCUT2D eigenvalue weighted by molar-refractivity contribution is -0.131. The Hall–Kier alpha value is -2.36. The van der Waals surface area contributed by atoms with Gasteiger partial charge in [-0.1, -0.05) is 63.2 Å². The average Bonchev–Trinajstić information content (AvgIpc) is 2.57.